The Morgan fingerprint density at radius 1 is 1.09 bits per heavy atom. The number of alkyl halides is 3. The van der Waals surface area contributed by atoms with E-state index in [1.165, 1.54) is 12.1 Å². The van der Waals surface area contributed by atoms with Gasteiger partial charge in [0.2, 0.25) is 0 Å². The van der Waals surface area contributed by atoms with Gasteiger partial charge in [0.05, 0.1) is 18.0 Å². The molecule has 0 bridgehead atoms. The van der Waals surface area contributed by atoms with Crippen molar-refractivity contribution in [2.24, 2.45) is 9.81 Å². The van der Waals surface area contributed by atoms with E-state index in [0.717, 1.165) is 29.5 Å². The number of fused-ring (bicyclic) bond motifs is 1. The van der Waals surface area contributed by atoms with Gasteiger partial charge in [0.1, 0.15) is 21.8 Å². The number of nitrogens with zero attached hydrogens (tertiary/aromatic N) is 5. The summed E-state index contributed by atoms with van der Waals surface area (Å²) in [5.41, 5.74) is 1.32. The van der Waals surface area contributed by atoms with Crippen LogP contribution in [-0.2, 0) is 28.7 Å². The Morgan fingerprint density at radius 3 is 2.42 bits per heavy atom. The summed E-state index contributed by atoms with van der Waals surface area (Å²) in [5, 5.41) is 0. The maximum absolute atomic E-state index is 13.8. The average molecular weight is 614 g/mol. The molecule has 12 heteroatoms. The first-order chi connectivity index (χ1) is 20.2. The zero-order valence-electron chi connectivity index (χ0n) is 24.8. The Bertz CT molecular complexity index is 1560. The van der Waals surface area contributed by atoms with Gasteiger partial charge in [-0.1, -0.05) is 28.7 Å². The zero-order valence-corrected chi connectivity index (χ0v) is 25.6. The molecule has 1 fully saturated rings. The number of piperidine rings is 1. The highest BCUT2D eigenvalue weighted by Crippen LogP contribution is 2.47. The summed E-state index contributed by atoms with van der Waals surface area (Å²) in [6, 6.07) is 10.7. The molecule has 43 heavy (non-hydrogen) atoms. The van der Waals surface area contributed by atoms with Crippen LogP contribution in [0.25, 0.3) is 11.3 Å². The van der Waals surface area contributed by atoms with Crippen LogP contribution in [0.15, 0.2) is 47.0 Å². The van der Waals surface area contributed by atoms with Crippen molar-refractivity contribution >= 4 is 28.9 Å². The molecule has 228 valence electrons. The first-order valence-electron chi connectivity index (χ1n) is 14.2. The number of hydrogen-bond acceptors (Lipinski definition) is 8. The molecule has 1 aliphatic heterocycles. The van der Waals surface area contributed by atoms with Crippen LogP contribution in [0.1, 0.15) is 73.5 Å². The molecule has 0 unspecified atom stereocenters. The van der Waals surface area contributed by atoms with Gasteiger partial charge in [0.15, 0.2) is 17.2 Å². The highest BCUT2D eigenvalue weighted by Gasteiger charge is 2.48. The number of ether oxygens (including phenoxy) is 1. The minimum absolute atomic E-state index is 0.0654. The van der Waals surface area contributed by atoms with E-state index in [4.69, 9.17) is 9.13 Å². The van der Waals surface area contributed by atoms with E-state index < -0.39 is 33.9 Å². The molecular weight excluding hydrogens is 579 g/mol. The fourth-order valence-electron chi connectivity index (χ4n) is 5.71. The first kappa shape index (κ1) is 30.9. The van der Waals surface area contributed by atoms with Gasteiger partial charge in [-0.3, -0.25) is 4.98 Å². The molecule has 3 heterocycles. The molecule has 3 aromatic rings. The third kappa shape index (κ3) is 5.99. The lowest BCUT2D eigenvalue weighted by Gasteiger charge is -2.40. The van der Waals surface area contributed by atoms with Crippen LogP contribution in [0, 0.1) is 12.3 Å². The number of aryl methyl sites for hydroxylation is 1. The van der Waals surface area contributed by atoms with Crippen LogP contribution in [0.4, 0.5) is 19.0 Å². The van der Waals surface area contributed by atoms with Crippen LogP contribution in [-0.4, -0.2) is 55.6 Å². The van der Waals surface area contributed by atoms with Crippen molar-refractivity contribution in [3.05, 3.63) is 70.8 Å². The van der Waals surface area contributed by atoms with E-state index >= 15 is 0 Å². The summed E-state index contributed by atoms with van der Waals surface area (Å²) in [6.07, 6.45) is -1.60. The fourth-order valence-corrected chi connectivity index (χ4v) is 6.44. The Hall–Kier alpha value is -3.51. The molecule has 2 aromatic heterocycles. The zero-order chi connectivity index (χ0) is 31.2. The van der Waals surface area contributed by atoms with E-state index in [0.29, 0.717) is 25.9 Å². The second-order valence-electron chi connectivity index (χ2n) is 11.9. The molecule has 0 N–H and O–H groups in total. The summed E-state index contributed by atoms with van der Waals surface area (Å²) in [5.74, 6) is -0.501. The van der Waals surface area contributed by atoms with Gasteiger partial charge < -0.3 is 14.2 Å². The monoisotopic (exact) mass is 613 g/mol. The van der Waals surface area contributed by atoms with E-state index in [1.54, 1.807) is 13.8 Å². The number of hydrogen-bond donors (Lipinski definition) is 0. The van der Waals surface area contributed by atoms with Crippen LogP contribution in [0.3, 0.4) is 0 Å². The van der Waals surface area contributed by atoms with Gasteiger partial charge >= 0.3 is 12.1 Å². The lowest BCUT2D eigenvalue weighted by atomic mass is 9.74. The van der Waals surface area contributed by atoms with Crippen LogP contribution < -0.4 is 4.90 Å². The minimum atomic E-state index is -4.72. The molecule has 1 atom stereocenters. The molecule has 0 saturated carbocycles. The molecule has 1 saturated heterocycles. The van der Waals surface area contributed by atoms with Crippen LogP contribution in [0.2, 0.25) is 0 Å². The maximum Gasteiger partial charge on any atom is 0.434 e. The summed E-state index contributed by atoms with van der Waals surface area (Å²) >= 11 is -1.45. The molecular formula is C31H34F3N5O3S. The number of rotatable bonds is 5. The van der Waals surface area contributed by atoms with Gasteiger partial charge in [-0.05, 0) is 71.6 Å². The fraction of sp³-hybridized carbons (Fsp3) is 0.452. The first-order valence-corrected chi connectivity index (χ1v) is 15.3. The third-order valence-corrected chi connectivity index (χ3v) is 9.27. The molecule has 2 aliphatic rings. The molecule has 8 nitrogen and oxygen atoms in total. The number of pyridine rings is 1. The van der Waals surface area contributed by atoms with Crippen molar-refractivity contribution in [3.63, 3.8) is 0 Å². The molecule has 1 aromatic carbocycles. The number of aromatic nitrogens is 3. The summed E-state index contributed by atoms with van der Waals surface area (Å²) in [6.45, 7) is 9.94. The van der Waals surface area contributed by atoms with Crippen molar-refractivity contribution in [1.82, 2.24) is 15.0 Å². The molecule has 1 aliphatic carbocycles. The highest BCUT2D eigenvalue weighted by atomic mass is 32.2. The predicted octanol–water partition coefficient (Wildman–Crippen LogP) is 6.14. The number of carbonyl (C=O) groups is 1. The second kappa shape index (κ2) is 11.5. The van der Waals surface area contributed by atoms with Gasteiger partial charge in [-0.15, -0.1) is 0 Å². The maximum atomic E-state index is 13.8. The number of anilines is 1. The van der Waals surface area contributed by atoms with E-state index in [2.05, 4.69) is 21.0 Å². The highest BCUT2D eigenvalue weighted by molar-refractivity contribution is 7.91. The number of halogens is 3. The quantitative estimate of drug-likeness (QED) is 0.252. The average Bonchev–Trinajstić information content (AvgIpc) is 3.24. The van der Waals surface area contributed by atoms with Crippen molar-refractivity contribution in [1.29, 1.82) is 0 Å². The normalized spacial score (nSPS) is 18.2. The summed E-state index contributed by atoms with van der Waals surface area (Å²) in [4.78, 5) is 27.6. The van der Waals surface area contributed by atoms with E-state index in [-0.39, 0.29) is 40.5 Å². The topological polar surface area (TPSA) is 104 Å². The lowest BCUT2D eigenvalue weighted by molar-refractivity contribution is -0.140. The molecule has 5 rings (SSSR count). The van der Waals surface area contributed by atoms with Gasteiger partial charge in [-0.2, -0.15) is 13.2 Å². The molecule has 1 spiro atoms. The number of carbonyl (C=O) groups excluding carboxylic acids is 1. The second-order valence-corrected chi connectivity index (χ2v) is 13.8. The lowest BCUT2D eigenvalue weighted by Crippen LogP contribution is -2.45. The SMILES string of the molecule is CCOC(=O)c1nc(-c2cccnc2C(F)(F)F)c(C)nc1N1CCC2(CC1)Cc1ccccc1C2=N[S@+]([O-])C(C)(C)C. The number of esters is 1. The van der Waals surface area contributed by atoms with Crippen LogP contribution in [0.5, 0.6) is 0 Å². The van der Waals surface area contributed by atoms with Gasteiger partial charge in [0.25, 0.3) is 0 Å². The Kier molecular flexibility index (Phi) is 8.30. The van der Waals surface area contributed by atoms with Crippen molar-refractivity contribution in [3.8, 4) is 11.3 Å². The number of benzene rings is 1. The summed E-state index contributed by atoms with van der Waals surface area (Å²) in [7, 11) is 0. The molecule has 0 radical (unpaired) electrons. The standard InChI is InChI=1S/C31H34F3N5O3S/c1-6-42-28(40)24-27(36-19(2)23(37-24)22-12-9-15-35-26(22)31(32,33)34)39-16-13-30(14-17-39)18-20-10-7-8-11-21(20)25(30)38-43(41)29(3,4)5/h7-12,15H,6,13-14,16-18H2,1-5H3/t43-/m1/s1. The Balaban J connectivity index is 1.52. The van der Waals surface area contributed by atoms with Crippen molar-refractivity contribution < 1.29 is 27.3 Å². The Morgan fingerprint density at radius 2 is 1.77 bits per heavy atom. The van der Waals surface area contributed by atoms with Crippen molar-refractivity contribution in [2.45, 2.75) is 64.8 Å². The van der Waals surface area contributed by atoms with Crippen molar-refractivity contribution in [2.75, 3.05) is 24.6 Å². The van der Waals surface area contributed by atoms with Gasteiger partial charge in [0, 0.05) is 35.8 Å². The van der Waals surface area contributed by atoms with E-state index in [1.807, 2.05) is 43.9 Å². The van der Waals surface area contributed by atoms with Gasteiger partial charge in [-0.25, -0.2) is 14.8 Å². The van der Waals surface area contributed by atoms with E-state index in [9.17, 15) is 22.5 Å². The largest absolute Gasteiger partial charge is 0.591 e. The van der Waals surface area contributed by atoms with Crippen LogP contribution >= 0.6 is 0 Å². The molecule has 0 amide bonds. The Labute approximate surface area is 252 Å². The predicted molar refractivity (Wildman–Crippen MR) is 159 cm³/mol. The summed E-state index contributed by atoms with van der Waals surface area (Å²) < 4.78 is 64.1. The smallest absolute Gasteiger partial charge is 0.434 e. The third-order valence-electron chi connectivity index (χ3n) is 7.87. The minimum Gasteiger partial charge on any atom is -0.591 e.